The number of piperidine rings is 1. The maximum atomic E-state index is 15.2. The molecule has 170 valence electrons. The van der Waals surface area contributed by atoms with E-state index in [2.05, 4.69) is 5.32 Å². The van der Waals surface area contributed by atoms with Gasteiger partial charge in [-0.1, -0.05) is 0 Å². The maximum absolute atomic E-state index is 15.2. The highest BCUT2D eigenvalue weighted by molar-refractivity contribution is 6.04. The van der Waals surface area contributed by atoms with E-state index in [9.17, 15) is 18.4 Å². The lowest BCUT2D eigenvalue weighted by Gasteiger charge is -2.39. The molecule has 3 atom stereocenters. The van der Waals surface area contributed by atoms with Crippen molar-refractivity contribution < 1.29 is 27.2 Å². The van der Waals surface area contributed by atoms with E-state index in [4.69, 9.17) is 5.73 Å². The van der Waals surface area contributed by atoms with Gasteiger partial charge in [-0.25, -0.2) is 8.78 Å². The normalized spacial score (nSPS) is 22.7. The second-order valence-electron chi connectivity index (χ2n) is 8.52. The fourth-order valence-corrected chi connectivity index (χ4v) is 4.66. The number of carbonyl (C=O) groups excluding carboxylic acids is 2. The van der Waals surface area contributed by atoms with E-state index in [-0.39, 0.29) is 22.9 Å². The number of hydrogen-bond donors (Lipinski definition) is 2. The van der Waals surface area contributed by atoms with Crippen LogP contribution < -0.4 is 11.1 Å². The van der Waals surface area contributed by atoms with Crippen molar-refractivity contribution in [1.82, 2.24) is 4.90 Å². The highest BCUT2D eigenvalue weighted by Crippen LogP contribution is 2.41. The van der Waals surface area contributed by atoms with Crippen molar-refractivity contribution in [3.63, 3.8) is 0 Å². The summed E-state index contributed by atoms with van der Waals surface area (Å²) in [5.74, 6) is -8.14. The zero-order valence-corrected chi connectivity index (χ0v) is 17.4. The molecule has 2 heterocycles. The molecule has 0 radical (unpaired) electrons. The van der Waals surface area contributed by atoms with Crippen molar-refractivity contribution in [1.29, 1.82) is 0 Å². The molecule has 5 nitrogen and oxygen atoms in total. The Hall–Kier alpha value is -2.94. The number of nitrogens with two attached hydrogens (primary N) is 1. The van der Waals surface area contributed by atoms with Crippen molar-refractivity contribution in [3.8, 4) is 0 Å². The predicted octanol–water partition coefficient (Wildman–Crippen LogP) is 4.10. The van der Waals surface area contributed by atoms with Gasteiger partial charge in [0.2, 0.25) is 0 Å². The quantitative estimate of drug-likeness (QED) is 0.691. The number of nitrogens with zero attached hydrogens (tertiary/aromatic N) is 1. The Morgan fingerprint density at radius 2 is 1.66 bits per heavy atom. The molecular weight excluding hydrogens is 426 g/mol. The molecule has 2 aromatic rings. The lowest BCUT2D eigenvalue weighted by molar-refractivity contribution is -0.164. The monoisotopic (exact) mass is 449 g/mol. The largest absolute Gasteiger partial charge is 0.352 e. The number of halogens is 4. The summed E-state index contributed by atoms with van der Waals surface area (Å²) >= 11 is 0. The first-order valence-corrected chi connectivity index (χ1v) is 10.4. The van der Waals surface area contributed by atoms with Crippen LogP contribution in [0.25, 0.3) is 0 Å². The number of amides is 2. The number of nitrogens with one attached hydrogen (secondary N) is 1. The molecule has 9 heteroatoms. The molecule has 32 heavy (non-hydrogen) atoms. The first-order valence-electron chi connectivity index (χ1n) is 10.4. The van der Waals surface area contributed by atoms with E-state index in [1.165, 1.54) is 19.1 Å². The first-order chi connectivity index (χ1) is 15.1. The lowest BCUT2D eigenvalue weighted by atomic mass is 9.95. The fourth-order valence-electron chi connectivity index (χ4n) is 4.66. The van der Waals surface area contributed by atoms with Crippen LogP contribution in [0.1, 0.15) is 47.2 Å². The van der Waals surface area contributed by atoms with Gasteiger partial charge < -0.3 is 16.0 Å². The van der Waals surface area contributed by atoms with Crippen LogP contribution in [-0.4, -0.2) is 34.8 Å². The van der Waals surface area contributed by atoms with Crippen molar-refractivity contribution in [2.24, 2.45) is 5.73 Å². The van der Waals surface area contributed by atoms with E-state index >= 15 is 8.78 Å². The number of aryl methyl sites for hydroxylation is 1. The fraction of sp³-hybridized carbons (Fsp3) is 0.391. The molecule has 2 aliphatic heterocycles. The third-order valence-electron chi connectivity index (χ3n) is 6.26. The number of anilines is 1. The maximum Gasteiger partial charge on any atom is 0.352 e. The molecule has 2 aromatic carbocycles. The Labute approximate surface area is 182 Å². The van der Waals surface area contributed by atoms with Crippen LogP contribution >= 0.6 is 0 Å². The molecule has 3 N–H and O–H groups in total. The molecule has 0 saturated carbocycles. The van der Waals surface area contributed by atoms with Gasteiger partial charge in [0.25, 0.3) is 11.8 Å². The minimum Gasteiger partial charge on any atom is -0.331 e. The van der Waals surface area contributed by atoms with Crippen LogP contribution in [-0.2, 0) is 10.7 Å². The number of alkyl halides is 2. The van der Waals surface area contributed by atoms with Crippen molar-refractivity contribution >= 4 is 17.5 Å². The molecule has 2 aliphatic rings. The van der Waals surface area contributed by atoms with Gasteiger partial charge in [0.15, 0.2) is 0 Å². The third kappa shape index (κ3) is 3.97. The van der Waals surface area contributed by atoms with Gasteiger partial charge in [0.1, 0.15) is 11.6 Å². The second-order valence-corrected chi connectivity index (χ2v) is 8.52. The van der Waals surface area contributed by atoms with Crippen LogP contribution in [0.4, 0.5) is 23.2 Å². The second kappa shape index (κ2) is 8.20. The molecule has 2 fully saturated rings. The van der Waals surface area contributed by atoms with Gasteiger partial charge in [0.05, 0.1) is 5.56 Å². The number of fused-ring (bicyclic) bond motifs is 2. The average molecular weight is 449 g/mol. The van der Waals surface area contributed by atoms with Gasteiger partial charge in [-0.2, -0.15) is 8.78 Å². The molecule has 0 aromatic heterocycles. The minimum absolute atomic E-state index is 0.149. The topological polar surface area (TPSA) is 75.4 Å². The molecule has 2 amide bonds. The Morgan fingerprint density at radius 3 is 2.28 bits per heavy atom. The summed E-state index contributed by atoms with van der Waals surface area (Å²) in [6, 6.07) is 5.41. The minimum atomic E-state index is -4.14. The molecular formula is C23H23F4N3O2. The first kappa shape index (κ1) is 22.3. The van der Waals surface area contributed by atoms with Gasteiger partial charge in [0, 0.05) is 29.4 Å². The molecule has 0 aliphatic carbocycles. The number of hydrogen-bond acceptors (Lipinski definition) is 3. The van der Waals surface area contributed by atoms with Crippen molar-refractivity contribution in [3.05, 3.63) is 64.7 Å². The van der Waals surface area contributed by atoms with E-state index in [0.29, 0.717) is 31.7 Å². The van der Waals surface area contributed by atoms with Crippen molar-refractivity contribution in [2.75, 3.05) is 5.32 Å². The lowest BCUT2D eigenvalue weighted by Crippen LogP contribution is -2.54. The summed E-state index contributed by atoms with van der Waals surface area (Å²) < 4.78 is 58.2. The summed E-state index contributed by atoms with van der Waals surface area (Å²) in [5, 5.41) is 2.46. The molecule has 4 rings (SSSR count). The predicted molar refractivity (Wildman–Crippen MR) is 110 cm³/mol. The zero-order valence-electron chi connectivity index (χ0n) is 17.4. The van der Waals surface area contributed by atoms with Crippen molar-refractivity contribution in [2.45, 2.75) is 56.7 Å². The Morgan fingerprint density at radius 1 is 1.03 bits per heavy atom. The molecule has 0 spiro atoms. The van der Waals surface area contributed by atoms with Gasteiger partial charge >= 0.3 is 5.92 Å². The van der Waals surface area contributed by atoms with Crippen LogP contribution in [0.15, 0.2) is 36.4 Å². The Kier molecular flexibility index (Phi) is 5.70. The van der Waals surface area contributed by atoms with E-state index in [1.54, 1.807) is 0 Å². The summed E-state index contributed by atoms with van der Waals surface area (Å²) in [6.45, 7) is 1.51. The van der Waals surface area contributed by atoms with Crippen LogP contribution in [0.5, 0.6) is 0 Å². The number of benzene rings is 2. The SMILES string of the molecule is Cc1cc(NC(=O)c2ccc(F)c(C(F)(F)C(=O)N3[C@@H]4CC[C@H]3C[C@H](N)C4)c2)ccc1F. The van der Waals surface area contributed by atoms with Gasteiger partial charge in [-0.05, 0) is 74.6 Å². The summed E-state index contributed by atoms with van der Waals surface area (Å²) in [6.07, 6.45) is 2.03. The molecule has 0 unspecified atom stereocenters. The highest BCUT2D eigenvalue weighted by Gasteiger charge is 2.53. The zero-order chi connectivity index (χ0) is 23.2. The summed E-state index contributed by atoms with van der Waals surface area (Å²) in [7, 11) is 0. The van der Waals surface area contributed by atoms with E-state index in [0.717, 1.165) is 23.1 Å². The number of rotatable bonds is 4. The van der Waals surface area contributed by atoms with E-state index in [1.807, 2.05) is 0 Å². The summed E-state index contributed by atoms with van der Waals surface area (Å²) in [4.78, 5) is 26.5. The Balaban J connectivity index is 1.59. The van der Waals surface area contributed by atoms with Crippen LogP contribution in [0.3, 0.4) is 0 Å². The van der Waals surface area contributed by atoms with Crippen LogP contribution in [0.2, 0.25) is 0 Å². The third-order valence-corrected chi connectivity index (χ3v) is 6.26. The van der Waals surface area contributed by atoms with E-state index < -0.39 is 47.0 Å². The Bertz CT molecular complexity index is 1060. The van der Waals surface area contributed by atoms with Crippen LogP contribution in [0, 0.1) is 18.6 Å². The highest BCUT2D eigenvalue weighted by atomic mass is 19.3. The van der Waals surface area contributed by atoms with Gasteiger partial charge in [-0.3, -0.25) is 9.59 Å². The molecule has 2 bridgehead atoms. The smallest absolute Gasteiger partial charge is 0.331 e. The summed E-state index contributed by atoms with van der Waals surface area (Å²) in [5.41, 5.74) is 5.08. The molecule has 2 saturated heterocycles. The van der Waals surface area contributed by atoms with Gasteiger partial charge in [-0.15, -0.1) is 0 Å². The average Bonchev–Trinajstić information content (AvgIpc) is 3.00. The number of carbonyl (C=O) groups is 2. The standard InChI is InChI=1S/C23H23F4N3O2/c1-12-8-15(3-7-19(12)24)29-21(31)13-2-6-20(25)18(9-13)23(26,27)22(32)30-16-4-5-17(30)11-14(28)10-16/h2-3,6-9,14,16-17H,4-5,10-11,28H2,1H3,(H,29,31)/t14-,16-,17+.